The molecule has 0 heterocycles. The first-order valence-electron chi connectivity index (χ1n) is 29.2. The van der Waals surface area contributed by atoms with E-state index in [-0.39, 0.29) is 37.5 Å². The van der Waals surface area contributed by atoms with Crippen molar-refractivity contribution in [3.8, 4) is 0 Å². The molecule has 0 saturated carbocycles. The summed E-state index contributed by atoms with van der Waals surface area (Å²) in [5.41, 5.74) is 0. The molecule has 0 bridgehead atoms. The zero-order chi connectivity index (χ0) is 50.7. The fourth-order valence-corrected chi connectivity index (χ4v) is 7.93. The van der Waals surface area contributed by atoms with Crippen LogP contribution >= 0.6 is 0 Å². The zero-order valence-corrected chi connectivity index (χ0v) is 45.8. The van der Waals surface area contributed by atoms with Crippen molar-refractivity contribution >= 4 is 17.9 Å². The van der Waals surface area contributed by atoms with Crippen LogP contribution in [-0.4, -0.2) is 37.2 Å². The number of carbonyl (C=O) groups is 3. The molecule has 0 fully saturated rings. The summed E-state index contributed by atoms with van der Waals surface area (Å²) in [5, 5.41) is 0. The van der Waals surface area contributed by atoms with Gasteiger partial charge in [0.05, 0.1) is 0 Å². The number of carbonyl (C=O) groups excluding carboxylic acids is 3. The molecule has 0 N–H and O–H groups in total. The van der Waals surface area contributed by atoms with E-state index in [4.69, 9.17) is 14.2 Å². The Morgan fingerprint density at radius 3 is 0.957 bits per heavy atom. The number of hydrogen-bond donors (Lipinski definition) is 0. The van der Waals surface area contributed by atoms with Gasteiger partial charge in [0.2, 0.25) is 0 Å². The van der Waals surface area contributed by atoms with Crippen molar-refractivity contribution in [2.45, 2.75) is 277 Å². The van der Waals surface area contributed by atoms with Crippen LogP contribution in [0.3, 0.4) is 0 Å². The van der Waals surface area contributed by atoms with Crippen LogP contribution in [-0.2, 0) is 28.6 Å². The normalized spacial score (nSPS) is 12.8. The van der Waals surface area contributed by atoms with Gasteiger partial charge in [-0.2, -0.15) is 0 Å². The lowest BCUT2D eigenvalue weighted by molar-refractivity contribution is -0.166. The lowest BCUT2D eigenvalue weighted by Gasteiger charge is -2.18. The molecule has 6 nitrogen and oxygen atoms in total. The van der Waals surface area contributed by atoms with Gasteiger partial charge in [0.15, 0.2) is 6.10 Å². The zero-order valence-electron chi connectivity index (χ0n) is 45.8. The quantitative estimate of drug-likeness (QED) is 0.0262. The fourth-order valence-electron chi connectivity index (χ4n) is 7.93. The summed E-state index contributed by atoms with van der Waals surface area (Å²) in [6.07, 6.45) is 76.9. The number of rotatable bonds is 52. The number of unbranched alkanes of at least 4 members (excludes halogenated alkanes) is 25. The van der Waals surface area contributed by atoms with Gasteiger partial charge in [0, 0.05) is 19.3 Å². The second kappa shape index (κ2) is 57.9. The highest BCUT2D eigenvalue weighted by Crippen LogP contribution is 2.15. The van der Waals surface area contributed by atoms with Gasteiger partial charge in [-0.1, -0.05) is 240 Å². The Balaban J connectivity index is 4.49. The predicted octanol–water partition coefficient (Wildman–Crippen LogP) is 19.7. The van der Waals surface area contributed by atoms with E-state index in [9.17, 15) is 14.4 Å². The van der Waals surface area contributed by atoms with Crippen LogP contribution in [0.25, 0.3) is 0 Å². The topological polar surface area (TPSA) is 78.9 Å². The van der Waals surface area contributed by atoms with Crippen LogP contribution in [0.4, 0.5) is 0 Å². The minimum atomic E-state index is -0.813. The van der Waals surface area contributed by atoms with Gasteiger partial charge < -0.3 is 14.2 Å². The molecule has 0 saturated heterocycles. The Morgan fingerprint density at radius 1 is 0.300 bits per heavy atom. The standard InChI is InChI=1S/C64H108O6/c1-4-7-10-13-16-19-22-25-28-30-32-34-36-39-42-45-48-51-54-57-63(66)69-60-61(59-68-62(65)56-53-50-47-44-41-38-27-24-21-18-15-12-9-6-3)70-64(67)58-55-52-49-46-43-40-37-35-33-31-29-26-23-20-17-14-11-8-5-2/h7,10,16,19,24-29,32,34,39,42,48,51,61H,4-6,8-9,11-15,17-18,20-23,30-31,33,35-38,40-41,43-47,49-50,52-60H2,1-3H3/b10-7-,19-16-,27-24-,28-25-,29-26-,34-32-,42-39-,51-48-/t61-/m1/s1. The van der Waals surface area contributed by atoms with Crippen molar-refractivity contribution in [2.24, 2.45) is 0 Å². The summed E-state index contributed by atoms with van der Waals surface area (Å²) in [6.45, 7) is 6.45. The van der Waals surface area contributed by atoms with Crippen LogP contribution in [0.5, 0.6) is 0 Å². The second-order valence-electron chi connectivity index (χ2n) is 19.2. The van der Waals surface area contributed by atoms with Crippen LogP contribution in [0.1, 0.15) is 271 Å². The summed E-state index contributed by atoms with van der Waals surface area (Å²) in [7, 11) is 0. The van der Waals surface area contributed by atoms with E-state index in [0.717, 1.165) is 89.9 Å². The van der Waals surface area contributed by atoms with Gasteiger partial charge in [0.25, 0.3) is 0 Å². The molecule has 0 spiro atoms. The molecule has 70 heavy (non-hydrogen) atoms. The first-order valence-corrected chi connectivity index (χ1v) is 29.2. The molecule has 0 aromatic rings. The minimum Gasteiger partial charge on any atom is -0.462 e. The summed E-state index contributed by atoms with van der Waals surface area (Å²) < 4.78 is 16.8. The molecule has 400 valence electrons. The maximum Gasteiger partial charge on any atom is 0.306 e. The largest absolute Gasteiger partial charge is 0.462 e. The Labute approximate surface area is 432 Å². The van der Waals surface area contributed by atoms with Gasteiger partial charge in [-0.05, 0) is 109 Å². The molecule has 0 aromatic heterocycles. The SMILES string of the molecule is CC/C=C\C/C=C\C/C=C\C/C=C\C/C=C\C/C=C\CCC(=O)OC[C@@H](COC(=O)CCCCCCC/C=C\CCCCCCC)OC(=O)CCCCCCCCCCC/C=C\CCCCCCCC. The average molecular weight is 974 g/mol. The summed E-state index contributed by atoms with van der Waals surface area (Å²) in [4.78, 5) is 38.1. The minimum absolute atomic E-state index is 0.106. The van der Waals surface area contributed by atoms with Crippen LogP contribution in [0, 0.1) is 0 Å². The fraction of sp³-hybridized carbons (Fsp3) is 0.703. The summed E-state index contributed by atoms with van der Waals surface area (Å²) in [5.74, 6) is -0.999. The van der Waals surface area contributed by atoms with E-state index in [2.05, 4.69) is 112 Å². The van der Waals surface area contributed by atoms with Gasteiger partial charge in [-0.25, -0.2) is 0 Å². The molecular formula is C64H108O6. The maximum absolute atomic E-state index is 12.9. The molecule has 1 atom stereocenters. The first-order chi connectivity index (χ1) is 34.5. The van der Waals surface area contributed by atoms with E-state index >= 15 is 0 Å². The van der Waals surface area contributed by atoms with Gasteiger partial charge >= 0.3 is 17.9 Å². The highest BCUT2D eigenvalue weighted by molar-refractivity contribution is 5.71. The number of allylic oxidation sites excluding steroid dienone is 16. The second-order valence-corrected chi connectivity index (χ2v) is 19.2. The van der Waals surface area contributed by atoms with Crippen molar-refractivity contribution < 1.29 is 28.6 Å². The third-order valence-corrected chi connectivity index (χ3v) is 12.3. The molecule has 0 unspecified atom stereocenters. The van der Waals surface area contributed by atoms with E-state index in [1.165, 1.54) is 135 Å². The maximum atomic E-state index is 12.9. The number of ether oxygens (including phenoxy) is 3. The molecule has 0 aliphatic carbocycles. The van der Waals surface area contributed by atoms with Crippen LogP contribution < -0.4 is 0 Å². The van der Waals surface area contributed by atoms with Crippen LogP contribution in [0.2, 0.25) is 0 Å². The summed E-state index contributed by atoms with van der Waals surface area (Å²) in [6, 6.07) is 0. The van der Waals surface area contributed by atoms with Crippen molar-refractivity contribution in [3.63, 3.8) is 0 Å². The first kappa shape index (κ1) is 66.3. The molecule has 6 heteroatoms. The molecule has 0 rings (SSSR count). The molecule has 0 radical (unpaired) electrons. The Morgan fingerprint density at radius 2 is 0.586 bits per heavy atom. The van der Waals surface area contributed by atoms with Gasteiger partial charge in [0.1, 0.15) is 13.2 Å². The Hall–Kier alpha value is -3.67. The number of hydrogen-bond acceptors (Lipinski definition) is 6. The third kappa shape index (κ3) is 55.3. The van der Waals surface area contributed by atoms with E-state index in [1.54, 1.807) is 0 Å². The number of esters is 3. The lowest BCUT2D eigenvalue weighted by Crippen LogP contribution is -2.30. The van der Waals surface area contributed by atoms with E-state index in [0.29, 0.717) is 19.3 Å². The molecule has 0 aliphatic rings. The van der Waals surface area contributed by atoms with Crippen molar-refractivity contribution in [1.82, 2.24) is 0 Å². The molecule has 0 aliphatic heterocycles. The summed E-state index contributed by atoms with van der Waals surface area (Å²) >= 11 is 0. The van der Waals surface area contributed by atoms with Gasteiger partial charge in [-0.15, -0.1) is 0 Å². The molecule has 0 amide bonds. The lowest BCUT2D eigenvalue weighted by atomic mass is 10.1. The molecule has 0 aromatic carbocycles. The Bertz CT molecular complexity index is 1400. The predicted molar refractivity (Wildman–Crippen MR) is 302 cm³/mol. The monoisotopic (exact) mass is 973 g/mol. The highest BCUT2D eigenvalue weighted by Gasteiger charge is 2.19. The van der Waals surface area contributed by atoms with E-state index in [1.807, 2.05) is 6.08 Å². The van der Waals surface area contributed by atoms with Crippen LogP contribution in [0.15, 0.2) is 97.2 Å². The van der Waals surface area contributed by atoms with Gasteiger partial charge in [-0.3, -0.25) is 14.4 Å². The van der Waals surface area contributed by atoms with E-state index < -0.39 is 6.10 Å². The third-order valence-electron chi connectivity index (χ3n) is 12.3. The van der Waals surface area contributed by atoms with Crippen molar-refractivity contribution in [1.29, 1.82) is 0 Å². The highest BCUT2D eigenvalue weighted by atomic mass is 16.6. The average Bonchev–Trinajstić information content (AvgIpc) is 3.36. The van der Waals surface area contributed by atoms with Crippen molar-refractivity contribution in [2.75, 3.05) is 13.2 Å². The smallest absolute Gasteiger partial charge is 0.306 e. The Kier molecular flexibility index (Phi) is 54.9. The molecular weight excluding hydrogens is 865 g/mol. The van der Waals surface area contributed by atoms with Crippen molar-refractivity contribution in [3.05, 3.63) is 97.2 Å².